The van der Waals surface area contributed by atoms with Gasteiger partial charge in [-0.15, -0.1) is 0 Å². The van der Waals surface area contributed by atoms with E-state index < -0.39 is 5.67 Å². The van der Waals surface area contributed by atoms with Gasteiger partial charge in [-0.25, -0.2) is 9.37 Å². The maximum absolute atomic E-state index is 13.9. The van der Waals surface area contributed by atoms with Crippen molar-refractivity contribution in [3.63, 3.8) is 0 Å². The highest BCUT2D eigenvalue weighted by molar-refractivity contribution is 9.10. The number of halogens is 2. The van der Waals surface area contributed by atoms with Gasteiger partial charge in [-0.1, -0.05) is 0 Å². The average molecular weight is 285 g/mol. The van der Waals surface area contributed by atoms with Crippen molar-refractivity contribution in [1.82, 2.24) is 9.38 Å². The lowest BCUT2D eigenvalue weighted by Gasteiger charge is -2.02. The van der Waals surface area contributed by atoms with E-state index in [0.29, 0.717) is 29.9 Å². The first-order valence-electron chi connectivity index (χ1n) is 5.04. The van der Waals surface area contributed by atoms with Crippen LogP contribution in [0.5, 0.6) is 5.75 Å². The number of alkyl halides is 1. The number of fused-ring (bicyclic) bond motifs is 1. The first-order valence-corrected chi connectivity index (χ1v) is 5.83. The third-order valence-electron chi connectivity index (χ3n) is 2.85. The minimum absolute atomic E-state index is 0.504. The minimum atomic E-state index is -1.20. The van der Waals surface area contributed by atoms with Gasteiger partial charge in [-0.2, -0.15) is 0 Å². The standard InChI is InChI=1S/C11H10BrFN2O/c1-16-8-4-7(12)5-15-6-9(14-10(8)15)11(13)2-3-11/h4-6H,2-3H2,1H3. The highest BCUT2D eigenvalue weighted by atomic mass is 79.9. The van der Waals surface area contributed by atoms with Gasteiger partial charge in [0.1, 0.15) is 0 Å². The first-order chi connectivity index (χ1) is 7.62. The summed E-state index contributed by atoms with van der Waals surface area (Å²) in [5, 5.41) is 0. The van der Waals surface area contributed by atoms with Gasteiger partial charge in [0.25, 0.3) is 0 Å². The lowest BCUT2D eigenvalue weighted by atomic mass is 10.3. The molecule has 1 aliphatic rings. The molecule has 1 fully saturated rings. The molecule has 0 atom stereocenters. The van der Waals surface area contributed by atoms with E-state index in [0.717, 1.165) is 4.47 Å². The van der Waals surface area contributed by atoms with Crippen molar-refractivity contribution >= 4 is 21.6 Å². The molecule has 0 unspecified atom stereocenters. The molecule has 0 aliphatic heterocycles. The second-order valence-electron chi connectivity index (χ2n) is 4.05. The molecule has 1 aliphatic carbocycles. The van der Waals surface area contributed by atoms with Gasteiger partial charge in [0.15, 0.2) is 17.1 Å². The maximum atomic E-state index is 13.9. The molecule has 0 saturated heterocycles. The third kappa shape index (κ3) is 1.42. The van der Waals surface area contributed by atoms with Gasteiger partial charge in [0, 0.05) is 16.9 Å². The Morgan fingerprint density at radius 2 is 2.25 bits per heavy atom. The number of ether oxygens (including phenoxy) is 1. The molecule has 0 amide bonds. The Morgan fingerprint density at radius 3 is 2.88 bits per heavy atom. The van der Waals surface area contributed by atoms with Crippen molar-refractivity contribution in [3.8, 4) is 5.75 Å². The van der Waals surface area contributed by atoms with Crippen LogP contribution in [0.1, 0.15) is 18.5 Å². The molecule has 2 heterocycles. The molecule has 0 radical (unpaired) electrons. The highest BCUT2D eigenvalue weighted by Gasteiger charge is 2.47. The van der Waals surface area contributed by atoms with Crippen LogP contribution in [-0.2, 0) is 5.67 Å². The van der Waals surface area contributed by atoms with Crippen LogP contribution in [0, 0.1) is 0 Å². The summed E-state index contributed by atoms with van der Waals surface area (Å²) in [7, 11) is 1.58. The number of nitrogens with zero attached hydrogens (tertiary/aromatic N) is 2. The summed E-state index contributed by atoms with van der Waals surface area (Å²) in [6.45, 7) is 0. The van der Waals surface area contributed by atoms with Crippen molar-refractivity contribution < 1.29 is 9.13 Å². The van der Waals surface area contributed by atoms with E-state index in [1.165, 1.54) is 0 Å². The number of methoxy groups -OCH3 is 1. The van der Waals surface area contributed by atoms with Crippen molar-refractivity contribution in [2.24, 2.45) is 0 Å². The normalized spacial score (nSPS) is 17.7. The fourth-order valence-corrected chi connectivity index (χ4v) is 2.19. The van der Waals surface area contributed by atoms with E-state index in [4.69, 9.17) is 4.74 Å². The predicted molar refractivity (Wildman–Crippen MR) is 61.5 cm³/mol. The number of hydrogen-bond acceptors (Lipinski definition) is 2. The third-order valence-corrected chi connectivity index (χ3v) is 3.29. The van der Waals surface area contributed by atoms with E-state index in [2.05, 4.69) is 20.9 Å². The van der Waals surface area contributed by atoms with Crippen LogP contribution in [0.4, 0.5) is 4.39 Å². The van der Waals surface area contributed by atoms with Crippen LogP contribution < -0.4 is 4.74 Å². The summed E-state index contributed by atoms with van der Waals surface area (Å²) in [5.41, 5.74) is -0.0442. The number of pyridine rings is 1. The van der Waals surface area contributed by atoms with Gasteiger partial charge in [0.05, 0.1) is 12.8 Å². The minimum Gasteiger partial charge on any atom is -0.493 e. The molecule has 0 spiro atoms. The molecule has 3 nitrogen and oxygen atoms in total. The number of aromatic nitrogens is 2. The van der Waals surface area contributed by atoms with Crippen LogP contribution in [0.3, 0.4) is 0 Å². The molecule has 0 bridgehead atoms. The SMILES string of the molecule is COc1cc(Br)cn2cc(C3(F)CC3)nc12. The van der Waals surface area contributed by atoms with Gasteiger partial charge in [0.2, 0.25) is 0 Å². The largest absolute Gasteiger partial charge is 0.493 e. The van der Waals surface area contributed by atoms with Gasteiger partial charge in [-0.05, 0) is 34.8 Å². The summed E-state index contributed by atoms with van der Waals surface area (Å²) >= 11 is 3.38. The molecule has 3 rings (SSSR count). The van der Waals surface area contributed by atoms with Crippen molar-refractivity contribution in [2.45, 2.75) is 18.5 Å². The molecule has 5 heteroatoms. The van der Waals surface area contributed by atoms with Gasteiger partial charge >= 0.3 is 0 Å². The van der Waals surface area contributed by atoms with E-state index >= 15 is 0 Å². The van der Waals surface area contributed by atoms with Gasteiger partial charge < -0.3 is 9.14 Å². The average Bonchev–Trinajstić information content (AvgIpc) is 2.86. The second-order valence-corrected chi connectivity index (χ2v) is 4.96. The topological polar surface area (TPSA) is 26.5 Å². The maximum Gasteiger partial charge on any atom is 0.180 e. The summed E-state index contributed by atoms with van der Waals surface area (Å²) in [6.07, 6.45) is 4.72. The lowest BCUT2D eigenvalue weighted by molar-refractivity contribution is 0.310. The Bertz CT molecular complexity index is 562. The van der Waals surface area contributed by atoms with E-state index in [1.54, 1.807) is 17.7 Å². The highest BCUT2D eigenvalue weighted by Crippen LogP contribution is 2.49. The van der Waals surface area contributed by atoms with Crippen LogP contribution in [0.15, 0.2) is 22.9 Å². The second kappa shape index (κ2) is 3.20. The smallest absolute Gasteiger partial charge is 0.180 e. The molecule has 0 aromatic carbocycles. The Hall–Kier alpha value is -1.10. The summed E-state index contributed by atoms with van der Waals surface area (Å²) in [6, 6.07) is 1.82. The number of rotatable bonds is 2. The molecular weight excluding hydrogens is 275 g/mol. The van der Waals surface area contributed by atoms with Crippen molar-refractivity contribution in [2.75, 3.05) is 7.11 Å². The molecule has 2 aromatic heterocycles. The zero-order chi connectivity index (χ0) is 11.3. The Morgan fingerprint density at radius 1 is 1.50 bits per heavy atom. The first kappa shape index (κ1) is 10.1. The fourth-order valence-electron chi connectivity index (χ4n) is 1.77. The van der Waals surface area contributed by atoms with Crippen LogP contribution in [0.25, 0.3) is 5.65 Å². The molecule has 1 saturated carbocycles. The van der Waals surface area contributed by atoms with E-state index in [9.17, 15) is 4.39 Å². The summed E-state index contributed by atoms with van der Waals surface area (Å²) in [4.78, 5) is 4.30. The zero-order valence-electron chi connectivity index (χ0n) is 8.70. The zero-order valence-corrected chi connectivity index (χ0v) is 10.3. The molecule has 16 heavy (non-hydrogen) atoms. The Balaban J connectivity index is 2.23. The molecule has 84 valence electrons. The lowest BCUT2D eigenvalue weighted by Crippen LogP contribution is -1.96. The Kier molecular flexibility index (Phi) is 2.01. The number of imidazole rings is 1. The monoisotopic (exact) mass is 284 g/mol. The molecule has 2 aromatic rings. The van der Waals surface area contributed by atoms with Crippen LogP contribution >= 0.6 is 15.9 Å². The fraction of sp³-hybridized carbons (Fsp3) is 0.364. The Labute approximate surface area is 100 Å². The summed E-state index contributed by atoms with van der Waals surface area (Å²) in [5.74, 6) is 0.643. The van der Waals surface area contributed by atoms with Crippen LogP contribution in [0.2, 0.25) is 0 Å². The van der Waals surface area contributed by atoms with Crippen LogP contribution in [-0.4, -0.2) is 16.5 Å². The quantitative estimate of drug-likeness (QED) is 0.847. The predicted octanol–water partition coefficient (Wildman–Crippen LogP) is 3.06. The van der Waals surface area contributed by atoms with E-state index in [-0.39, 0.29) is 0 Å². The van der Waals surface area contributed by atoms with E-state index in [1.807, 2.05) is 12.3 Å². The molecule has 0 N–H and O–H groups in total. The van der Waals surface area contributed by atoms with Crippen molar-refractivity contribution in [3.05, 3.63) is 28.6 Å². The molecular formula is C11H10BrFN2O. The number of hydrogen-bond donors (Lipinski definition) is 0. The van der Waals surface area contributed by atoms with Crippen molar-refractivity contribution in [1.29, 1.82) is 0 Å². The van der Waals surface area contributed by atoms with Gasteiger partial charge in [-0.3, -0.25) is 0 Å². The summed E-state index contributed by atoms with van der Waals surface area (Å²) < 4.78 is 21.8.